The molecular weight excluding hydrogens is 318 g/mol. The van der Waals surface area contributed by atoms with Crippen molar-refractivity contribution in [2.75, 3.05) is 0 Å². The van der Waals surface area contributed by atoms with Gasteiger partial charge in [0.15, 0.2) is 5.58 Å². The van der Waals surface area contributed by atoms with E-state index in [0.717, 1.165) is 16.3 Å². The number of hydrogen-bond acceptors (Lipinski definition) is 4. The van der Waals surface area contributed by atoms with Gasteiger partial charge in [0.2, 0.25) is 5.58 Å². The van der Waals surface area contributed by atoms with Crippen LogP contribution in [0.1, 0.15) is 6.92 Å². The summed E-state index contributed by atoms with van der Waals surface area (Å²) in [6.45, 7) is 2.44. The molecule has 0 amide bonds. The Labute approximate surface area is 140 Å². The van der Waals surface area contributed by atoms with Gasteiger partial charge < -0.3 is 13.4 Å². The van der Waals surface area contributed by atoms with Crippen LogP contribution in [0.15, 0.2) is 67.0 Å². The number of hydrogen-bond donors (Lipinski definition) is 0. The van der Waals surface area contributed by atoms with Gasteiger partial charge in [0.25, 0.3) is 5.56 Å². The number of nitrogens with zero attached hydrogens (tertiary/aromatic N) is 1. The van der Waals surface area contributed by atoms with E-state index in [1.54, 1.807) is 10.6 Å². The molecule has 0 spiro atoms. The lowest BCUT2D eigenvalue weighted by atomic mass is 10.1. The molecule has 0 atom stereocenters. The molecule has 0 saturated heterocycles. The first-order valence-corrected chi connectivity index (χ1v) is 8.10. The first-order chi connectivity index (χ1) is 12.2. The van der Waals surface area contributed by atoms with Crippen LogP contribution in [0.2, 0.25) is 0 Å². The number of para-hydroxylation sites is 2. The van der Waals surface area contributed by atoms with Crippen LogP contribution in [0.5, 0.6) is 0 Å². The zero-order valence-electron chi connectivity index (χ0n) is 13.4. The number of aromatic nitrogens is 1. The van der Waals surface area contributed by atoms with Crippen LogP contribution < -0.4 is 11.2 Å². The van der Waals surface area contributed by atoms with Gasteiger partial charge in [0, 0.05) is 17.3 Å². The molecule has 5 nitrogen and oxygen atoms in total. The van der Waals surface area contributed by atoms with Crippen molar-refractivity contribution in [3.05, 3.63) is 69.3 Å². The van der Waals surface area contributed by atoms with Crippen LogP contribution in [0, 0.1) is 0 Å². The number of rotatable bonds is 1. The number of pyridine rings is 1. The Bertz CT molecular complexity index is 1420. The van der Waals surface area contributed by atoms with Gasteiger partial charge >= 0.3 is 5.63 Å². The fourth-order valence-electron chi connectivity index (χ4n) is 3.59. The second-order valence-electron chi connectivity index (χ2n) is 5.96. The summed E-state index contributed by atoms with van der Waals surface area (Å²) in [7, 11) is 0. The minimum atomic E-state index is -0.572. The quantitative estimate of drug-likeness (QED) is 0.435. The summed E-state index contributed by atoms with van der Waals surface area (Å²) >= 11 is 0. The average Bonchev–Trinajstić information content (AvgIpc) is 3.02. The van der Waals surface area contributed by atoms with Crippen molar-refractivity contribution in [3.63, 3.8) is 0 Å². The number of benzene rings is 2. The van der Waals surface area contributed by atoms with Crippen LogP contribution in [0.4, 0.5) is 0 Å². The highest BCUT2D eigenvalue weighted by atomic mass is 16.4. The number of furan rings is 1. The highest BCUT2D eigenvalue weighted by Gasteiger charge is 2.21. The Morgan fingerprint density at radius 1 is 0.840 bits per heavy atom. The molecule has 0 N–H and O–H groups in total. The van der Waals surface area contributed by atoms with E-state index in [0.29, 0.717) is 28.5 Å². The van der Waals surface area contributed by atoms with Crippen LogP contribution >= 0.6 is 0 Å². The molecule has 0 aliphatic heterocycles. The molecule has 0 aliphatic carbocycles. The van der Waals surface area contributed by atoms with E-state index in [1.807, 2.05) is 49.4 Å². The van der Waals surface area contributed by atoms with Crippen molar-refractivity contribution >= 4 is 43.8 Å². The third-order valence-electron chi connectivity index (χ3n) is 4.67. The number of aryl methyl sites for hydroxylation is 1. The molecule has 3 heterocycles. The van der Waals surface area contributed by atoms with Gasteiger partial charge in [-0.3, -0.25) is 4.79 Å². The first kappa shape index (κ1) is 14.0. The molecule has 0 radical (unpaired) electrons. The van der Waals surface area contributed by atoms with Crippen LogP contribution in [-0.2, 0) is 6.54 Å². The largest absolute Gasteiger partial charge is 0.448 e. The van der Waals surface area contributed by atoms with E-state index < -0.39 is 5.63 Å². The Kier molecular flexibility index (Phi) is 2.71. The average molecular weight is 331 g/mol. The topological polar surface area (TPSA) is 65.3 Å². The highest BCUT2D eigenvalue weighted by molar-refractivity contribution is 6.20. The lowest BCUT2D eigenvalue weighted by Gasteiger charge is -2.10. The lowest BCUT2D eigenvalue weighted by molar-refractivity contribution is 0.545. The van der Waals surface area contributed by atoms with Gasteiger partial charge in [-0.05, 0) is 25.1 Å². The maximum atomic E-state index is 13.2. The SMILES string of the molecule is CCn1c(=O)c2c(oc(=O)c3oc4ccccc4c32)c2ccccc21. The maximum absolute atomic E-state index is 13.2. The normalized spacial score (nSPS) is 11.9. The summed E-state index contributed by atoms with van der Waals surface area (Å²) in [6, 6.07) is 14.8. The van der Waals surface area contributed by atoms with Crippen molar-refractivity contribution in [2.45, 2.75) is 13.5 Å². The summed E-state index contributed by atoms with van der Waals surface area (Å²) in [5, 5.41) is 2.40. The molecular formula is C20H13NO4. The third kappa shape index (κ3) is 1.72. The zero-order valence-corrected chi connectivity index (χ0v) is 13.4. The van der Waals surface area contributed by atoms with Crippen LogP contribution in [0.3, 0.4) is 0 Å². The Balaban J connectivity index is 2.23. The van der Waals surface area contributed by atoms with E-state index in [-0.39, 0.29) is 11.1 Å². The standard InChI is InChI=1S/C20H13NO4/c1-2-21-13-9-5-3-7-11(13)17-16(19(21)22)15-12-8-4-6-10-14(12)24-18(15)20(23)25-17/h3-10H,2H2,1H3. The molecule has 0 unspecified atom stereocenters. The van der Waals surface area contributed by atoms with Crippen LogP contribution in [0.25, 0.3) is 43.8 Å². The molecule has 25 heavy (non-hydrogen) atoms. The molecule has 0 saturated carbocycles. The van der Waals surface area contributed by atoms with Gasteiger partial charge in [-0.1, -0.05) is 30.3 Å². The minimum Gasteiger partial charge on any atom is -0.448 e. The fraction of sp³-hybridized carbons (Fsp3) is 0.100. The van der Waals surface area contributed by atoms with E-state index in [4.69, 9.17) is 8.83 Å². The van der Waals surface area contributed by atoms with Crippen molar-refractivity contribution in [1.29, 1.82) is 0 Å². The lowest BCUT2D eigenvalue weighted by Crippen LogP contribution is -2.21. The van der Waals surface area contributed by atoms with Crippen LogP contribution in [-0.4, -0.2) is 4.57 Å². The predicted molar refractivity (Wildman–Crippen MR) is 97.2 cm³/mol. The molecule has 2 aromatic carbocycles. The zero-order chi connectivity index (χ0) is 17.1. The second kappa shape index (κ2) is 4.83. The molecule has 0 bridgehead atoms. The van der Waals surface area contributed by atoms with Gasteiger partial charge in [-0.2, -0.15) is 0 Å². The van der Waals surface area contributed by atoms with Gasteiger partial charge in [0.05, 0.1) is 16.3 Å². The summed E-state index contributed by atoms with van der Waals surface area (Å²) in [4.78, 5) is 25.7. The van der Waals surface area contributed by atoms with Crippen molar-refractivity contribution in [1.82, 2.24) is 4.57 Å². The van der Waals surface area contributed by atoms with Crippen molar-refractivity contribution in [2.24, 2.45) is 0 Å². The molecule has 3 aromatic heterocycles. The number of fused-ring (bicyclic) bond motifs is 7. The second-order valence-corrected chi connectivity index (χ2v) is 5.96. The molecule has 5 rings (SSSR count). The minimum absolute atomic E-state index is 0.0868. The van der Waals surface area contributed by atoms with Gasteiger partial charge in [-0.15, -0.1) is 0 Å². The third-order valence-corrected chi connectivity index (χ3v) is 4.67. The van der Waals surface area contributed by atoms with Gasteiger partial charge in [-0.25, -0.2) is 4.79 Å². The van der Waals surface area contributed by atoms with Crippen molar-refractivity contribution < 1.29 is 8.83 Å². The van der Waals surface area contributed by atoms with E-state index >= 15 is 0 Å². The Morgan fingerprint density at radius 3 is 2.36 bits per heavy atom. The Morgan fingerprint density at radius 2 is 1.56 bits per heavy atom. The highest BCUT2D eigenvalue weighted by Crippen LogP contribution is 2.33. The molecule has 0 fully saturated rings. The molecule has 0 aliphatic rings. The fourth-order valence-corrected chi connectivity index (χ4v) is 3.59. The summed E-state index contributed by atoms with van der Waals surface area (Å²) in [6.07, 6.45) is 0. The monoisotopic (exact) mass is 331 g/mol. The molecule has 122 valence electrons. The summed E-state index contributed by atoms with van der Waals surface area (Å²) < 4.78 is 12.9. The van der Waals surface area contributed by atoms with Gasteiger partial charge in [0.1, 0.15) is 5.58 Å². The van der Waals surface area contributed by atoms with E-state index in [2.05, 4.69) is 0 Å². The smallest absolute Gasteiger partial charge is 0.380 e. The van der Waals surface area contributed by atoms with E-state index in [9.17, 15) is 9.59 Å². The summed E-state index contributed by atoms with van der Waals surface area (Å²) in [5.41, 5.74) is 0.956. The summed E-state index contributed by atoms with van der Waals surface area (Å²) in [5.74, 6) is 0. The molecule has 5 aromatic rings. The molecule has 5 heteroatoms. The predicted octanol–water partition coefficient (Wildman–Crippen LogP) is 4.03. The maximum Gasteiger partial charge on any atom is 0.380 e. The Hall–Kier alpha value is -3.34. The van der Waals surface area contributed by atoms with Crippen molar-refractivity contribution in [3.8, 4) is 0 Å². The van der Waals surface area contributed by atoms with E-state index in [1.165, 1.54) is 0 Å². The first-order valence-electron chi connectivity index (χ1n) is 8.10.